The van der Waals surface area contributed by atoms with Crippen LogP contribution in [0.1, 0.15) is 23.2 Å². The molecule has 0 spiro atoms. The van der Waals surface area contributed by atoms with Gasteiger partial charge in [-0.3, -0.25) is 4.79 Å². The maximum absolute atomic E-state index is 13.4. The molecular formula is C12H12F2O5. The fraction of sp³-hybridized carbons (Fsp3) is 0.333. The van der Waals surface area contributed by atoms with Gasteiger partial charge in [0.1, 0.15) is 0 Å². The molecule has 1 rings (SSSR count). The number of methoxy groups -OCH3 is 1. The van der Waals surface area contributed by atoms with Crippen LogP contribution in [0.25, 0.3) is 0 Å². The Morgan fingerprint density at radius 2 is 1.84 bits per heavy atom. The van der Waals surface area contributed by atoms with E-state index in [0.717, 1.165) is 0 Å². The van der Waals surface area contributed by atoms with E-state index in [1.165, 1.54) is 7.11 Å². The molecule has 0 amide bonds. The van der Waals surface area contributed by atoms with E-state index in [4.69, 9.17) is 9.84 Å². The van der Waals surface area contributed by atoms with Gasteiger partial charge >= 0.3 is 11.9 Å². The lowest BCUT2D eigenvalue weighted by Gasteiger charge is -2.08. The molecule has 0 aliphatic rings. The molecule has 0 saturated heterocycles. The number of hydrogen-bond acceptors (Lipinski definition) is 4. The Hall–Kier alpha value is -2.18. The number of carboxylic acid groups (broad SMARTS) is 1. The van der Waals surface area contributed by atoms with Crippen molar-refractivity contribution in [1.29, 1.82) is 0 Å². The minimum Gasteiger partial charge on any atom is -0.488 e. The number of aromatic carboxylic acids is 1. The van der Waals surface area contributed by atoms with Crippen LogP contribution in [0.2, 0.25) is 0 Å². The molecule has 1 aromatic rings. The third kappa shape index (κ3) is 4.20. The number of carbonyl (C=O) groups excluding carboxylic acids is 1. The second kappa shape index (κ2) is 6.67. The molecule has 0 aliphatic heterocycles. The Bertz CT molecular complexity index is 464. The first-order chi connectivity index (χ1) is 8.95. The molecular weight excluding hydrogens is 262 g/mol. The molecule has 0 aliphatic carbocycles. The molecule has 0 aromatic heterocycles. The third-order valence-corrected chi connectivity index (χ3v) is 2.24. The molecule has 104 valence electrons. The van der Waals surface area contributed by atoms with Gasteiger partial charge in [0.2, 0.25) is 0 Å². The van der Waals surface area contributed by atoms with Gasteiger partial charge in [0.05, 0.1) is 19.3 Å². The first-order valence-corrected chi connectivity index (χ1v) is 5.37. The average molecular weight is 274 g/mol. The zero-order valence-corrected chi connectivity index (χ0v) is 10.1. The third-order valence-electron chi connectivity index (χ3n) is 2.24. The van der Waals surface area contributed by atoms with Crippen molar-refractivity contribution in [1.82, 2.24) is 0 Å². The summed E-state index contributed by atoms with van der Waals surface area (Å²) >= 11 is 0. The quantitative estimate of drug-likeness (QED) is 0.634. The van der Waals surface area contributed by atoms with E-state index in [0.29, 0.717) is 12.1 Å². The molecule has 1 aromatic carbocycles. The van der Waals surface area contributed by atoms with E-state index >= 15 is 0 Å². The van der Waals surface area contributed by atoms with Crippen molar-refractivity contribution in [2.24, 2.45) is 0 Å². The van der Waals surface area contributed by atoms with Crippen molar-refractivity contribution in [3.05, 3.63) is 29.3 Å². The summed E-state index contributed by atoms with van der Waals surface area (Å²) < 4.78 is 36.0. The van der Waals surface area contributed by atoms with Crippen molar-refractivity contribution < 1.29 is 33.0 Å². The van der Waals surface area contributed by atoms with Crippen LogP contribution in [-0.2, 0) is 9.53 Å². The van der Waals surface area contributed by atoms with Crippen LogP contribution in [0, 0.1) is 11.6 Å². The zero-order chi connectivity index (χ0) is 14.4. The number of halogens is 2. The van der Waals surface area contributed by atoms with Gasteiger partial charge in [-0.1, -0.05) is 0 Å². The monoisotopic (exact) mass is 274 g/mol. The SMILES string of the molecule is COC(=O)CCCOc1c(F)cc(C(=O)O)cc1F. The highest BCUT2D eigenvalue weighted by atomic mass is 19.1. The molecule has 5 nitrogen and oxygen atoms in total. The van der Waals surface area contributed by atoms with Gasteiger partial charge in [-0.15, -0.1) is 0 Å². The summed E-state index contributed by atoms with van der Waals surface area (Å²) in [4.78, 5) is 21.3. The van der Waals surface area contributed by atoms with Gasteiger partial charge in [-0.25, -0.2) is 13.6 Å². The number of hydrogen-bond donors (Lipinski definition) is 1. The maximum atomic E-state index is 13.4. The summed E-state index contributed by atoms with van der Waals surface area (Å²) in [5.41, 5.74) is -0.503. The van der Waals surface area contributed by atoms with Crippen LogP contribution in [0.4, 0.5) is 8.78 Å². The summed E-state index contributed by atoms with van der Waals surface area (Å²) in [6.07, 6.45) is 0.291. The lowest BCUT2D eigenvalue weighted by molar-refractivity contribution is -0.140. The van der Waals surface area contributed by atoms with Gasteiger partial charge in [-0.05, 0) is 18.6 Å². The Morgan fingerprint density at radius 1 is 1.26 bits per heavy atom. The highest BCUT2D eigenvalue weighted by Gasteiger charge is 2.15. The standard InChI is InChI=1S/C12H12F2O5/c1-18-10(15)3-2-4-19-11-8(13)5-7(12(16)17)6-9(11)14/h5-6H,2-4H2,1H3,(H,16,17). The summed E-state index contributed by atoms with van der Waals surface area (Å²) in [6, 6.07) is 1.34. The van der Waals surface area contributed by atoms with Crippen LogP contribution in [-0.4, -0.2) is 30.8 Å². The Labute approximate surface area is 107 Å². The van der Waals surface area contributed by atoms with Gasteiger partial charge in [-0.2, -0.15) is 0 Å². The lowest BCUT2D eigenvalue weighted by atomic mass is 10.2. The van der Waals surface area contributed by atoms with Crippen LogP contribution in [0.3, 0.4) is 0 Å². The summed E-state index contributed by atoms with van der Waals surface area (Å²) in [7, 11) is 1.23. The van der Waals surface area contributed by atoms with E-state index in [1.54, 1.807) is 0 Å². The maximum Gasteiger partial charge on any atom is 0.335 e. The molecule has 1 N–H and O–H groups in total. The molecule has 0 fully saturated rings. The molecule has 0 bridgehead atoms. The Balaban J connectivity index is 2.64. The number of ether oxygens (including phenoxy) is 2. The molecule has 0 saturated carbocycles. The van der Waals surface area contributed by atoms with Crippen LogP contribution in [0.15, 0.2) is 12.1 Å². The van der Waals surface area contributed by atoms with Crippen molar-refractivity contribution in [2.75, 3.05) is 13.7 Å². The van der Waals surface area contributed by atoms with E-state index in [1.807, 2.05) is 0 Å². The predicted molar refractivity (Wildman–Crippen MR) is 60.1 cm³/mol. The van der Waals surface area contributed by atoms with E-state index < -0.39 is 34.9 Å². The fourth-order valence-corrected chi connectivity index (χ4v) is 1.31. The minimum absolute atomic E-state index is 0.0624. The zero-order valence-electron chi connectivity index (χ0n) is 10.1. The number of rotatable bonds is 6. The van der Waals surface area contributed by atoms with Gasteiger partial charge in [0, 0.05) is 6.42 Å². The van der Waals surface area contributed by atoms with Gasteiger partial charge < -0.3 is 14.6 Å². The predicted octanol–water partition coefficient (Wildman–Crippen LogP) is 1.99. The topological polar surface area (TPSA) is 72.8 Å². The Morgan fingerprint density at radius 3 is 2.32 bits per heavy atom. The number of benzene rings is 1. The second-order valence-electron chi connectivity index (χ2n) is 3.60. The number of carboxylic acids is 1. The summed E-state index contributed by atoms with van der Waals surface area (Å²) in [6.45, 7) is -0.0879. The van der Waals surface area contributed by atoms with E-state index in [2.05, 4.69) is 4.74 Å². The normalized spacial score (nSPS) is 10.1. The van der Waals surface area contributed by atoms with Gasteiger partial charge in [0.15, 0.2) is 17.4 Å². The Kier molecular flexibility index (Phi) is 5.23. The molecule has 0 atom stereocenters. The highest BCUT2D eigenvalue weighted by molar-refractivity contribution is 5.87. The van der Waals surface area contributed by atoms with E-state index in [9.17, 15) is 18.4 Å². The number of esters is 1. The van der Waals surface area contributed by atoms with Crippen molar-refractivity contribution in [3.8, 4) is 5.75 Å². The molecule has 0 heterocycles. The molecule has 7 heteroatoms. The first kappa shape index (κ1) is 14.9. The van der Waals surface area contributed by atoms with Crippen molar-refractivity contribution in [2.45, 2.75) is 12.8 Å². The number of carbonyl (C=O) groups is 2. The summed E-state index contributed by atoms with van der Waals surface area (Å²) in [5, 5.41) is 8.60. The second-order valence-corrected chi connectivity index (χ2v) is 3.60. The van der Waals surface area contributed by atoms with E-state index in [-0.39, 0.29) is 19.4 Å². The first-order valence-electron chi connectivity index (χ1n) is 5.37. The largest absolute Gasteiger partial charge is 0.488 e. The smallest absolute Gasteiger partial charge is 0.335 e. The highest BCUT2D eigenvalue weighted by Crippen LogP contribution is 2.23. The summed E-state index contributed by atoms with van der Waals surface area (Å²) in [5.74, 6) is -4.75. The molecule has 19 heavy (non-hydrogen) atoms. The molecule has 0 radical (unpaired) electrons. The van der Waals surface area contributed by atoms with Crippen LogP contribution >= 0.6 is 0 Å². The molecule has 0 unspecified atom stereocenters. The van der Waals surface area contributed by atoms with Gasteiger partial charge in [0.25, 0.3) is 0 Å². The van der Waals surface area contributed by atoms with Crippen LogP contribution < -0.4 is 4.74 Å². The fourth-order valence-electron chi connectivity index (χ4n) is 1.31. The van der Waals surface area contributed by atoms with Crippen molar-refractivity contribution >= 4 is 11.9 Å². The minimum atomic E-state index is -1.44. The lowest BCUT2D eigenvalue weighted by Crippen LogP contribution is -2.07. The van der Waals surface area contributed by atoms with Crippen LogP contribution in [0.5, 0.6) is 5.75 Å². The average Bonchev–Trinajstić information content (AvgIpc) is 2.36. The van der Waals surface area contributed by atoms with Crippen molar-refractivity contribution in [3.63, 3.8) is 0 Å².